The molecule has 80 valence electrons. The third kappa shape index (κ3) is 1.82. The average molecular weight is 222 g/mol. The summed E-state index contributed by atoms with van der Waals surface area (Å²) in [7, 11) is 2.00. The lowest BCUT2D eigenvalue weighted by Gasteiger charge is -2.03. The summed E-state index contributed by atoms with van der Waals surface area (Å²) in [5, 5.41) is 11.0. The van der Waals surface area contributed by atoms with Crippen molar-refractivity contribution in [3.05, 3.63) is 29.0 Å². The maximum absolute atomic E-state index is 8.92. The molecule has 0 fully saturated rings. The van der Waals surface area contributed by atoms with Gasteiger partial charge in [0.25, 0.3) is 0 Å². The van der Waals surface area contributed by atoms with Crippen molar-refractivity contribution >= 4 is 11.3 Å². The Morgan fingerprint density at radius 1 is 1.53 bits per heavy atom. The van der Waals surface area contributed by atoms with Gasteiger partial charge in [-0.3, -0.25) is 0 Å². The number of imidazole rings is 1. The second-order valence-electron chi connectivity index (χ2n) is 3.47. The van der Waals surface area contributed by atoms with Crippen molar-refractivity contribution in [1.82, 2.24) is 9.55 Å². The van der Waals surface area contributed by atoms with Crippen molar-refractivity contribution < 1.29 is 5.11 Å². The fourth-order valence-corrected chi connectivity index (χ4v) is 2.63. The van der Waals surface area contributed by atoms with Crippen LogP contribution >= 0.6 is 11.3 Å². The van der Waals surface area contributed by atoms with Gasteiger partial charge < -0.3 is 9.67 Å². The summed E-state index contributed by atoms with van der Waals surface area (Å²) in [6.07, 6.45) is 0.614. The van der Waals surface area contributed by atoms with Gasteiger partial charge in [0.1, 0.15) is 5.82 Å². The molecule has 0 aliphatic heterocycles. The molecule has 0 aromatic carbocycles. The molecule has 4 heteroatoms. The minimum atomic E-state index is 0.147. The zero-order valence-electron chi connectivity index (χ0n) is 8.90. The summed E-state index contributed by atoms with van der Waals surface area (Å²) >= 11 is 1.71. The molecule has 1 N–H and O–H groups in total. The van der Waals surface area contributed by atoms with E-state index in [1.807, 2.05) is 20.0 Å². The van der Waals surface area contributed by atoms with Gasteiger partial charge in [-0.1, -0.05) is 6.07 Å². The summed E-state index contributed by atoms with van der Waals surface area (Å²) in [6.45, 7) is 2.16. The molecule has 2 aromatic rings. The minimum Gasteiger partial charge on any atom is -0.396 e. The van der Waals surface area contributed by atoms with E-state index >= 15 is 0 Å². The Bertz CT molecular complexity index is 445. The molecule has 2 aromatic heterocycles. The molecular formula is C11H14N2OS. The van der Waals surface area contributed by atoms with Crippen molar-refractivity contribution in [3.63, 3.8) is 0 Å². The number of aliphatic hydroxyl groups is 1. The summed E-state index contributed by atoms with van der Waals surface area (Å²) in [6, 6.07) is 4.13. The molecule has 0 aliphatic rings. The van der Waals surface area contributed by atoms with E-state index in [0.29, 0.717) is 6.42 Å². The van der Waals surface area contributed by atoms with Crippen LogP contribution in [-0.4, -0.2) is 21.3 Å². The molecule has 0 unspecified atom stereocenters. The third-order valence-electron chi connectivity index (χ3n) is 2.45. The monoisotopic (exact) mass is 222 g/mol. The van der Waals surface area contributed by atoms with Gasteiger partial charge in [0, 0.05) is 13.5 Å². The highest BCUT2D eigenvalue weighted by molar-refractivity contribution is 7.13. The van der Waals surface area contributed by atoms with Crippen LogP contribution in [0.1, 0.15) is 11.5 Å². The summed E-state index contributed by atoms with van der Waals surface area (Å²) in [4.78, 5) is 5.69. The number of thiophene rings is 1. The van der Waals surface area contributed by atoms with E-state index in [4.69, 9.17) is 5.11 Å². The van der Waals surface area contributed by atoms with Gasteiger partial charge in [0.15, 0.2) is 0 Å². The molecule has 2 rings (SSSR count). The van der Waals surface area contributed by atoms with Gasteiger partial charge in [-0.05, 0) is 18.4 Å². The third-order valence-corrected chi connectivity index (χ3v) is 3.33. The second-order valence-corrected chi connectivity index (χ2v) is 4.42. The zero-order chi connectivity index (χ0) is 10.8. The Morgan fingerprint density at radius 2 is 2.33 bits per heavy atom. The number of hydrogen-bond acceptors (Lipinski definition) is 3. The van der Waals surface area contributed by atoms with Crippen LogP contribution in [0, 0.1) is 6.92 Å². The Morgan fingerprint density at radius 3 is 2.93 bits per heavy atom. The molecule has 0 saturated carbocycles. The van der Waals surface area contributed by atoms with Crippen LogP contribution in [0.4, 0.5) is 0 Å². The van der Waals surface area contributed by atoms with Crippen LogP contribution in [0.3, 0.4) is 0 Å². The lowest BCUT2D eigenvalue weighted by molar-refractivity contribution is 0.295. The van der Waals surface area contributed by atoms with Gasteiger partial charge >= 0.3 is 0 Å². The molecule has 0 bridgehead atoms. The Balaban J connectivity index is 2.48. The molecular weight excluding hydrogens is 208 g/mol. The maximum atomic E-state index is 8.92. The summed E-state index contributed by atoms with van der Waals surface area (Å²) in [5.41, 5.74) is 2.19. The van der Waals surface area contributed by atoms with Crippen molar-refractivity contribution in [2.45, 2.75) is 13.3 Å². The predicted octanol–water partition coefficient (Wildman–Crippen LogP) is 1.99. The normalized spacial score (nSPS) is 10.9. The zero-order valence-corrected chi connectivity index (χ0v) is 9.71. The molecule has 0 aliphatic carbocycles. The number of aromatic nitrogens is 2. The highest BCUT2D eigenvalue weighted by Gasteiger charge is 2.13. The van der Waals surface area contributed by atoms with Crippen LogP contribution in [0.5, 0.6) is 0 Å². The van der Waals surface area contributed by atoms with Gasteiger partial charge in [-0.2, -0.15) is 0 Å². The Labute approximate surface area is 93.0 Å². The van der Waals surface area contributed by atoms with E-state index in [-0.39, 0.29) is 6.61 Å². The second kappa shape index (κ2) is 4.16. The average Bonchev–Trinajstić information content (AvgIpc) is 2.77. The van der Waals surface area contributed by atoms with E-state index in [1.165, 1.54) is 4.88 Å². The first-order valence-electron chi connectivity index (χ1n) is 4.91. The van der Waals surface area contributed by atoms with E-state index < -0.39 is 0 Å². The molecule has 0 radical (unpaired) electrons. The molecule has 0 saturated heterocycles. The minimum absolute atomic E-state index is 0.147. The van der Waals surface area contributed by atoms with Gasteiger partial charge in [0.05, 0.1) is 22.9 Å². The largest absolute Gasteiger partial charge is 0.396 e. The van der Waals surface area contributed by atoms with Gasteiger partial charge in [-0.25, -0.2) is 4.98 Å². The first kappa shape index (κ1) is 10.4. The van der Waals surface area contributed by atoms with Crippen molar-refractivity contribution in [2.75, 3.05) is 6.61 Å². The topological polar surface area (TPSA) is 38.1 Å². The van der Waals surface area contributed by atoms with Crippen molar-refractivity contribution in [1.29, 1.82) is 0 Å². The van der Waals surface area contributed by atoms with E-state index in [1.54, 1.807) is 11.3 Å². The number of hydrogen-bond donors (Lipinski definition) is 1. The lowest BCUT2D eigenvalue weighted by Crippen LogP contribution is -2.01. The molecule has 15 heavy (non-hydrogen) atoms. The van der Waals surface area contributed by atoms with Crippen LogP contribution < -0.4 is 0 Å². The smallest absolute Gasteiger partial charge is 0.111 e. The molecule has 0 atom stereocenters. The highest BCUT2D eigenvalue weighted by Crippen LogP contribution is 2.28. The Kier molecular flexibility index (Phi) is 2.88. The predicted molar refractivity (Wildman–Crippen MR) is 62.0 cm³/mol. The molecule has 2 heterocycles. The van der Waals surface area contributed by atoms with Crippen LogP contribution in [0.25, 0.3) is 10.6 Å². The Hall–Kier alpha value is -1.13. The molecule has 0 amide bonds. The number of nitrogens with zero attached hydrogens (tertiary/aromatic N) is 2. The first-order chi connectivity index (χ1) is 7.24. The summed E-state index contributed by atoms with van der Waals surface area (Å²) in [5.74, 6) is 0.943. The SMILES string of the molecule is Cc1nc(CCO)n(C)c1-c1cccs1. The van der Waals surface area contributed by atoms with Crippen LogP contribution in [-0.2, 0) is 13.5 Å². The lowest BCUT2D eigenvalue weighted by atomic mass is 10.3. The van der Waals surface area contributed by atoms with Gasteiger partial charge in [0.2, 0.25) is 0 Å². The van der Waals surface area contributed by atoms with E-state index in [2.05, 4.69) is 21.0 Å². The highest BCUT2D eigenvalue weighted by atomic mass is 32.1. The number of rotatable bonds is 3. The molecule has 3 nitrogen and oxygen atoms in total. The number of aryl methyl sites for hydroxylation is 1. The van der Waals surface area contributed by atoms with Gasteiger partial charge in [-0.15, -0.1) is 11.3 Å². The molecule has 0 spiro atoms. The van der Waals surface area contributed by atoms with E-state index in [0.717, 1.165) is 17.2 Å². The first-order valence-corrected chi connectivity index (χ1v) is 5.79. The maximum Gasteiger partial charge on any atom is 0.111 e. The fourth-order valence-electron chi connectivity index (χ4n) is 1.77. The fraction of sp³-hybridized carbons (Fsp3) is 0.364. The van der Waals surface area contributed by atoms with Crippen LogP contribution in [0.2, 0.25) is 0 Å². The summed E-state index contributed by atoms with van der Waals surface area (Å²) < 4.78 is 2.07. The van der Waals surface area contributed by atoms with Crippen molar-refractivity contribution in [3.8, 4) is 10.6 Å². The quantitative estimate of drug-likeness (QED) is 0.862. The number of aliphatic hydroxyl groups excluding tert-OH is 1. The standard InChI is InChI=1S/C11H14N2OS/c1-8-11(9-4-3-7-15-9)13(2)10(12-8)5-6-14/h3-4,7,14H,5-6H2,1-2H3. The van der Waals surface area contributed by atoms with Crippen molar-refractivity contribution in [2.24, 2.45) is 7.05 Å². The van der Waals surface area contributed by atoms with E-state index in [9.17, 15) is 0 Å². The van der Waals surface area contributed by atoms with Crippen LogP contribution in [0.15, 0.2) is 17.5 Å².